The first-order chi connectivity index (χ1) is 13.3. The van der Waals surface area contributed by atoms with Crippen LogP contribution in [-0.2, 0) is 19.3 Å². The van der Waals surface area contributed by atoms with Crippen molar-refractivity contribution < 1.29 is 0 Å². The number of rotatable bonds is 14. The molecule has 2 aromatic rings. The van der Waals surface area contributed by atoms with Gasteiger partial charge in [-0.3, -0.25) is 0 Å². The van der Waals surface area contributed by atoms with Gasteiger partial charge in [0, 0.05) is 5.02 Å². The largest absolute Gasteiger partial charge is 0.0843 e. The lowest BCUT2D eigenvalue weighted by molar-refractivity contribution is 0.556. The minimum atomic E-state index is 0.815. The van der Waals surface area contributed by atoms with Gasteiger partial charge in [0.2, 0.25) is 0 Å². The second-order valence-corrected chi connectivity index (χ2v) is 8.31. The highest BCUT2D eigenvalue weighted by Crippen LogP contribution is 2.15. The smallest absolute Gasteiger partial charge is 0.0406 e. The van der Waals surface area contributed by atoms with Gasteiger partial charge in [-0.05, 0) is 54.5 Å². The molecule has 0 nitrogen and oxygen atoms in total. The summed E-state index contributed by atoms with van der Waals surface area (Å²) in [6.07, 6.45) is 17.5. The summed E-state index contributed by atoms with van der Waals surface area (Å²) in [6.45, 7) is 2.29. The summed E-state index contributed by atoms with van der Waals surface area (Å²) in [5.41, 5.74) is 4.27. The van der Waals surface area contributed by atoms with E-state index in [2.05, 4.69) is 43.3 Å². The van der Waals surface area contributed by atoms with E-state index < -0.39 is 0 Å². The van der Waals surface area contributed by atoms with Crippen LogP contribution in [0.1, 0.15) is 87.8 Å². The van der Waals surface area contributed by atoms with Crippen LogP contribution >= 0.6 is 11.6 Å². The molecule has 2 rings (SSSR count). The second-order valence-electron chi connectivity index (χ2n) is 7.87. The predicted octanol–water partition coefficient (Wildman–Crippen LogP) is 8.59. The lowest BCUT2D eigenvalue weighted by atomic mass is 10.0. The van der Waals surface area contributed by atoms with E-state index in [-0.39, 0.29) is 0 Å². The highest BCUT2D eigenvalue weighted by atomic mass is 35.5. The third-order valence-corrected chi connectivity index (χ3v) is 5.71. The fourth-order valence-corrected chi connectivity index (χ4v) is 3.75. The maximum atomic E-state index is 5.95. The monoisotopic (exact) mass is 384 g/mol. The summed E-state index contributed by atoms with van der Waals surface area (Å²) in [5, 5.41) is 0.815. The molecular formula is C26H37Cl. The summed E-state index contributed by atoms with van der Waals surface area (Å²) < 4.78 is 0. The molecule has 0 heterocycles. The molecule has 148 valence electrons. The topological polar surface area (TPSA) is 0 Å². The molecule has 0 N–H and O–H groups in total. The molecule has 0 fully saturated rings. The van der Waals surface area contributed by atoms with Crippen LogP contribution in [0.2, 0.25) is 5.02 Å². The van der Waals surface area contributed by atoms with Gasteiger partial charge in [0.25, 0.3) is 0 Å². The zero-order valence-electron chi connectivity index (χ0n) is 17.2. The van der Waals surface area contributed by atoms with Gasteiger partial charge < -0.3 is 0 Å². The molecule has 0 aliphatic carbocycles. The first-order valence-corrected chi connectivity index (χ1v) is 11.5. The van der Waals surface area contributed by atoms with Gasteiger partial charge >= 0.3 is 0 Å². The molecule has 0 saturated heterocycles. The Kier molecular flexibility index (Phi) is 11.3. The Morgan fingerprint density at radius 1 is 0.481 bits per heavy atom. The van der Waals surface area contributed by atoms with Crippen molar-refractivity contribution in [1.29, 1.82) is 0 Å². The molecule has 0 saturated carbocycles. The average molecular weight is 385 g/mol. The molecule has 0 amide bonds. The van der Waals surface area contributed by atoms with Crippen LogP contribution in [-0.4, -0.2) is 0 Å². The Bertz CT molecular complexity index is 597. The highest BCUT2D eigenvalue weighted by molar-refractivity contribution is 6.30. The van der Waals surface area contributed by atoms with Crippen molar-refractivity contribution in [2.24, 2.45) is 0 Å². The molecule has 0 aliphatic rings. The Morgan fingerprint density at radius 3 is 1.33 bits per heavy atom. The number of unbranched alkanes of at least 4 members (excludes halogenated alkanes) is 9. The maximum absolute atomic E-state index is 5.95. The van der Waals surface area contributed by atoms with Gasteiger partial charge in [-0.25, -0.2) is 0 Å². The highest BCUT2D eigenvalue weighted by Gasteiger charge is 1.99. The van der Waals surface area contributed by atoms with E-state index in [0.717, 1.165) is 17.9 Å². The summed E-state index contributed by atoms with van der Waals surface area (Å²) in [6, 6.07) is 17.5. The van der Waals surface area contributed by atoms with Gasteiger partial charge in [-0.2, -0.15) is 0 Å². The van der Waals surface area contributed by atoms with Crippen LogP contribution < -0.4 is 0 Å². The van der Waals surface area contributed by atoms with Gasteiger partial charge in [-0.1, -0.05) is 113 Å². The van der Waals surface area contributed by atoms with Crippen molar-refractivity contribution in [3.63, 3.8) is 0 Å². The van der Waals surface area contributed by atoms with Gasteiger partial charge in [-0.15, -0.1) is 0 Å². The summed E-state index contributed by atoms with van der Waals surface area (Å²) in [5.74, 6) is 0. The Balaban J connectivity index is 1.53. The van der Waals surface area contributed by atoms with E-state index in [1.54, 1.807) is 0 Å². The molecule has 0 atom stereocenters. The SMILES string of the molecule is CCCCCCCCCCCCc1ccc(CCc2ccc(Cl)cc2)cc1. The summed E-state index contributed by atoms with van der Waals surface area (Å²) in [4.78, 5) is 0. The quantitative estimate of drug-likeness (QED) is 0.286. The van der Waals surface area contributed by atoms with E-state index in [9.17, 15) is 0 Å². The Morgan fingerprint density at radius 2 is 0.852 bits per heavy atom. The van der Waals surface area contributed by atoms with Crippen LogP contribution in [0.3, 0.4) is 0 Å². The molecule has 0 radical (unpaired) electrons. The third kappa shape index (κ3) is 10.0. The van der Waals surface area contributed by atoms with E-state index in [1.807, 2.05) is 12.1 Å². The van der Waals surface area contributed by atoms with Crippen LogP contribution in [0.15, 0.2) is 48.5 Å². The summed E-state index contributed by atoms with van der Waals surface area (Å²) in [7, 11) is 0. The van der Waals surface area contributed by atoms with Crippen LogP contribution in [0, 0.1) is 0 Å². The van der Waals surface area contributed by atoms with Crippen LogP contribution in [0.4, 0.5) is 0 Å². The van der Waals surface area contributed by atoms with E-state index in [4.69, 9.17) is 11.6 Å². The van der Waals surface area contributed by atoms with Crippen LogP contribution in [0.25, 0.3) is 0 Å². The Labute approximate surface area is 172 Å². The normalized spacial score (nSPS) is 11.0. The summed E-state index contributed by atoms with van der Waals surface area (Å²) >= 11 is 5.95. The second kappa shape index (κ2) is 13.8. The fraction of sp³-hybridized carbons (Fsp3) is 0.538. The lowest BCUT2D eigenvalue weighted by Gasteiger charge is -2.06. The number of benzene rings is 2. The predicted molar refractivity (Wildman–Crippen MR) is 121 cm³/mol. The van der Waals surface area contributed by atoms with Gasteiger partial charge in [0.05, 0.1) is 0 Å². The molecule has 27 heavy (non-hydrogen) atoms. The molecule has 0 aromatic heterocycles. The fourth-order valence-electron chi connectivity index (χ4n) is 3.63. The molecule has 0 bridgehead atoms. The van der Waals surface area contributed by atoms with Crippen LogP contribution in [0.5, 0.6) is 0 Å². The van der Waals surface area contributed by atoms with Crippen molar-refractivity contribution in [2.75, 3.05) is 0 Å². The van der Waals surface area contributed by atoms with Crippen molar-refractivity contribution in [1.82, 2.24) is 0 Å². The molecule has 0 unspecified atom stereocenters. The zero-order valence-corrected chi connectivity index (χ0v) is 17.9. The first kappa shape index (κ1) is 22.0. The average Bonchev–Trinajstić information content (AvgIpc) is 2.70. The van der Waals surface area contributed by atoms with Crippen molar-refractivity contribution in [3.8, 4) is 0 Å². The number of hydrogen-bond donors (Lipinski definition) is 0. The van der Waals surface area contributed by atoms with E-state index in [0.29, 0.717) is 0 Å². The minimum Gasteiger partial charge on any atom is -0.0843 e. The van der Waals surface area contributed by atoms with Crippen molar-refractivity contribution in [3.05, 3.63) is 70.2 Å². The number of halogens is 1. The van der Waals surface area contributed by atoms with Gasteiger partial charge in [0.1, 0.15) is 0 Å². The Hall–Kier alpha value is -1.27. The molecule has 0 spiro atoms. The molecule has 0 aliphatic heterocycles. The van der Waals surface area contributed by atoms with Gasteiger partial charge in [0.15, 0.2) is 0 Å². The number of hydrogen-bond acceptors (Lipinski definition) is 0. The van der Waals surface area contributed by atoms with E-state index >= 15 is 0 Å². The lowest BCUT2D eigenvalue weighted by Crippen LogP contribution is -1.92. The first-order valence-electron chi connectivity index (χ1n) is 11.1. The zero-order chi connectivity index (χ0) is 19.2. The van der Waals surface area contributed by atoms with Crippen molar-refractivity contribution >= 4 is 11.6 Å². The standard InChI is InChI=1S/C26H37Cl/c1-2-3-4-5-6-7-8-9-10-11-12-23-13-15-24(16-14-23)17-18-25-19-21-26(27)22-20-25/h13-16,19-22H,2-12,17-18H2,1H3. The van der Waals surface area contributed by atoms with Crippen molar-refractivity contribution in [2.45, 2.75) is 90.4 Å². The van der Waals surface area contributed by atoms with E-state index in [1.165, 1.54) is 87.3 Å². The minimum absolute atomic E-state index is 0.815. The molecule has 2 aromatic carbocycles. The third-order valence-electron chi connectivity index (χ3n) is 5.46. The number of aryl methyl sites for hydroxylation is 3. The molecule has 1 heteroatoms. The maximum Gasteiger partial charge on any atom is 0.0406 e. The molecular weight excluding hydrogens is 348 g/mol.